The molecule has 2 atom stereocenters. The van der Waals surface area contributed by atoms with Gasteiger partial charge in [-0.15, -0.1) is 6.58 Å². The summed E-state index contributed by atoms with van der Waals surface area (Å²) in [5, 5.41) is 13.3. The van der Waals surface area contributed by atoms with Crippen LogP contribution in [-0.2, 0) is 9.59 Å². The number of ketones is 1. The van der Waals surface area contributed by atoms with Gasteiger partial charge in [0.2, 0.25) is 0 Å². The molecule has 8 heteroatoms. The average molecular weight is 527 g/mol. The molecular weight excluding hydrogens is 498 g/mol. The number of ether oxygens (including phenoxy) is 2. The Bertz CT molecular complexity index is 1100. The van der Waals surface area contributed by atoms with Crippen LogP contribution in [0.15, 0.2) is 51.8 Å². The Hall–Kier alpha value is -3.05. The number of nitrogens with two attached hydrogens (primary N) is 1. The lowest BCUT2D eigenvalue weighted by atomic mass is 9.72. The van der Waals surface area contributed by atoms with Crippen molar-refractivity contribution in [2.45, 2.75) is 45.4 Å². The zero-order chi connectivity index (χ0) is 24.8. The Morgan fingerprint density at radius 1 is 1.38 bits per heavy atom. The zero-order valence-electron chi connectivity index (χ0n) is 19.4. The van der Waals surface area contributed by atoms with Crippen LogP contribution in [0.4, 0.5) is 0 Å². The second-order valence-electron chi connectivity index (χ2n) is 8.45. The molecule has 0 saturated heterocycles. The van der Waals surface area contributed by atoms with Crippen LogP contribution in [-0.4, -0.2) is 24.9 Å². The molecule has 1 aromatic rings. The van der Waals surface area contributed by atoms with E-state index in [4.69, 9.17) is 15.2 Å². The number of hydrogen-bond donors (Lipinski definition) is 2. The number of carbonyl (C=O) groups is 2. The third kappa shape index (κ3) is 5.53. The van der Waals surface area contributed by atoms with Gasteiger partial charge in [0.25, 0.3) is 5.91 Å². The number of nitrogens with zero attached hydrogens (tertiary/aromatic N) is 1. The van der Waals surface area contributed by atoms with Crippen molar-refractivity contribution in [2.24, 2.45) is 11.7 Å². The molecular formula is C26H29BrN3O4. The van der Waals surface area contributed by atoms with E-state index >= 15 is 0 Å². The smallest absolute Gasteiger partial charge is 0.255 e. The SMILES string of the molecule is C=C[CH]COc1c(Br)cc(C2C(C#N)=C(C)NC3=C2C(=O)CC(CCC)C3)cc1OCC(N)=O. The fourth-order valence-corrected chi connectivity index (χ4v) is 5.14. The van der Waals surface area contributed by atoms with Crippen LogP contribution in [0, 0.1) is 23.7 Å². The van der Waals surface area contributed by atoms with Gasteiger partial charge in [-0.25, -0.2) is 0 Å². The molecule has 179 valence electrons. The minimum atomic E-state index is -0.630. The predicted molar refractivity (Wildman–Crippen MR) is 133 cm³/mol. The number of hydrogen-bond acceptors (Lipinski definition) is 6. The van der Waals surface area contributed by atoms with Crippen molar-refractivity contribution in [2.75, 3.05) is 13.2 Å². The lowest BCUT2D eigenvalue weighted by Gasteiger charge is -2.35. The molecule has 1 heterocycles. The Labute approximate surface area is 208 Å². The molecule has 1 aliphatic heterocycles. The molecule has 0 bridgehead atoms. The van der Waals surface area contributed by atoms with Crippen molar-refractivity contribution in [1.82, 2.24) is 5.32 Å². The minimum absolute atomic E-state index is 0.0501. The molecule has 0 fully saturated rings. The van der Waals surface area contributed by atoms with Crippen LogP contribution < -0.4 is 20.5 Å². The van der Waals surface area contributed by atoms with Gasteiger partial charge in [0.1, 0.15) is 0 Å². The highest BCUT2D eigenvalue weighted by molar-refractivity contribution is 9.10. The monoisotopic (exact) mass is 526 g/mol. The fourth-order valence-electron chi connectivity index (χ4n) is 4.56. The standard InChI is InChI=1S/C26H29BrN3O4/c1-4-6-8-33-26-19(27)11-17(12-22(26)34-14-23(29)32)24-18(13-28)15(3)30-20-9-16(7-5-2)10-21(31)25(20)24/h4,6,11-12,16,24,30H,1,5,7-10,14H2,2-3H3,(H2,29,32). The van der Waals surface area contributed by atoms with E-state index in [0.717, 1.165) is 30.7 Å². The maximum atomic E-state index is 13.3. The van der Waals surface area contributed by atoms with E-state index in [9.17, 15) is 14.9 Å². The van der Waals surface area contributed by atoms with Gasteiger partial charge in [-0.1, -0.05) is 19.4 Å². The van der Waals surface area contributed by atoms with Gasteiger partial charge in [-0.2, -0.15) is 5.26 Å². The fraction of sp³-hybridized carbons (Fsp3) is 0.385. The van der Waals surface area contributed by atoms with E-state index in [2.05, 4.69) is 40.8 Å². The summed E-state index contributed by atoms with van der Waals surface area (Å²) in [7, 11) is 0. The molecule has 0 spiro atoms. The van der Waals surface area contributed by atoms with Crippen molar-refractivity contribution in [3.63, 3.8) is 0 Å². The van der Waals surface area contributed by atoms with Crippen molar-refractivity contribution in [1.29, 1.82) is 5.26 Å². The van der Waals surface area contributed by atoms with Crippen LogP contribution in [0.25, 0.3) is 0 Å². The minimum Gasteiger partial charge on any atom is -0.488 e. The van der Waals surface area contributed by atoms with Crippen molar-refractivity contribution >= 4 is 27.6 Å². The molecule has 1 aliphatic carbocycles. The van der Waals surface area contributed by atoms with Gasteiger partial charge < -0.3 is 20.5 Å². The molecule has 7 nitrogen and oxygen atoms in total. The number of amides is 1. The highest BCUT2D eigenvalue weighted by Crippen LogP contribution is 2.47. The quantitative estimate of drug-likeness (QED) is 0.430. The molecule has 1 amide bonds. The summed E-state index contributed by atoms with van der Waals surface area (Å²) in [6, 6.07) is 5.84. The highest BCUT2D eigenvalue weighted by Gasteiger charge is 2.39. The van der Waals surface area contributed by atoms with E-state index in [1.165, 1.54) is 0 Å². The maximum Gasteiger partial charge on any atom is 0.255 e. The van der Waals surface area contributed by atoms with Crippen LogP contribution in [0.5, 0.6) is 11.5 Å². The number of dihydropyridines is 1. The second kappa shape index (κ2) is 11.4. The first-order valence-corrected chi connectivity index (χ1v) is 12.1. The number of Topliss-reactive ketones (excluding diaryl/α,β-unsaturated/α-hetero) is 1. The third-order valence-corrected chi connectivity index (χ3v) is 6.54. The van der Waals surface area contributed by atoms with E-state index in [1.807, 2.05) is 13.0 Å². The lowest BCUT2D eigenvalue weighted by Crippen LogP contribution is -2.34. The number of carbonyl (C=O) groups excluding carboxylic acids is 2. The zero-order valence-corrected chi connectivity index (χ0v) is 21.0. The van der Waals surface area contributed by atoms with Crippen molar-refractivity contribution < 1.29 is 19.1 Å². The molecule has 1 aromatic carbocycles. The van der Waals surface area contributed by atoms with Gasteiger partial charge in [-0.05, 0) is 59.3 Å². The van der Waals surface area contributed by atoms with Gasteiger partial charge in [0.15, 0.2) is 23.9 Å². The summed E-state index contributed by atoms with van der Waals surface area (Å²) < 4.78 is 12.0. The predicted octanol–water partition coefficient (Wildman–Crippen LogP) is 4.60. The summed E-state index contributed by atoms with van der Waals surface area (Å²) in [5.41, 5.74) is 8.69. The molecule has 2 unspecified atom stereocenters. The van der Waals surface area contributed by atoms with Crippen molar-refractivity contribution in [3.05, 3.63) is 63.8 Å². The Morgan fingerprint density at radius 2 is 2.15 bits per heavy atom. The molecule has 2 aliphatic rings. The Balaban J connectivity index is 2.11. The number of halogens is 1. The van der Waals surface area contributed by atoms with E-state index in [0.29, 0.717) is 45.0 Å². The largest absolute Gasteiger partial charge is 0.488 e. The lowest BCUT2D eigenvalue weighted by molar-refractivity contribution is -0.120. The van der Waals surface area contributed by atoms with Gasteiger partial charge in [0.05, 0.1) is 28.6 Å². The summed E-state index contributed by atoms with van der Waals surface area (Å²) in [6.07, 6.45) is 6.57. The number of primary amides is 1. The topological polar surface area (TPSA) is 114 Å². The first kappa shape index (κ1) is 25.6. The number of nitriles is 1. The summed E-state index contributed by atoms with van der Waals surface area (Å²) in [6.45, 7) is 7.52. The van der Waals surface area contributed by atoms with Crippen LogP contribution in [0.2, 0.25) is 0 Å². The van der Waals surface area contributed by atoms with Gasteiger partial charge >= 0.3 is 0 Å². The van der Waals surface area contributed by atoms with Crippen LogP contribution in [0.1, 0.15) is 51.0 Å². The van der Waals surface area contributed by atoms with E-state index < -0.39 is 11.8 Å². The molecule has 0 saturated carbocycles. The third-order valence-electron chi connectivity index (χ3n) is 5.96. The maximum absolute atomic E-state index is 13.3. The summed E-state index contributed by atoms with van der Waals surface area (Å²) in [4.78, 5) is 24.7. The van der Waals surface area contributed by atoms with Gasteiger partial charge in [-0.3, -0.25) is 9.59 Å². The molecule has 0 aromatic heterocycles. The normalized spacial score (nSPS) is 19.8. The number of nitrogens with one attached hydrogen (secondary N) is 1. The second-order valence-corrected chi connectivity index (χ2v) is 9.31. The Morgan fingerprint density at radius 3 is 2.79 bits per heavy atom. The van der Waals surface area contributed by atoms with Crippen LogP contribution in [0.3, 0.4) is 0 Å². The van der Waals surface area contributed by atoms with Crippen molar-refractivity contribution in [3.8, 4) is 17.6 Å². The molecule has 3 rings (SSSR count). The van der Waals surface area contributed by atoms with E-state index in [-0.39, 0.29) is 19.0 Å². The van der Waals surface area contributed by atoms with Gasteiger partial charge in [0, 0.05) is 29.8 Å². The Kier molecular flexibility index (Phi) is 8.56. The molecule has 34 heavy (non-hydrogen) atoms. The molecule has 3 N–H and O–H groups in total. The first-order valence-electron chi connectivity index (χ1n) is 11.3. The summed E-state index contributed by atoms with van der Waals surface area (Å²) >= 11 is 3.54. The van der Waals surface area contributed by atoms with Crippen LogP contribution >= 0.6 is 15.9 Å². The average Bonchev–Trinajstić information content (AvgIpc) is 2.78. The molecule has 1 radical (unpaired) electrons. The van der Waals surface area contributed by atoms with E-state index in [1.54, 1.807) is 18.6 Å². The summed E-state index contributed by atoms with van der Waals surface area (Å²) in [5.74, 6) is -0.146. The highest BCUT2D eigenvalue weighted by atomic mass is 79.9. The first-order chi connectivity index (χ1) is 16.3. The number of benzene rings is 1. The number of rotatable bonds is 10. The number of allylic oxidation sites excluding steroid dienone is 4.